The second-order valence-electron chi connectivity index (χ2n) is 27.6. The highest BCUT2D eigenvalue weighted by atomic mass is 15.0. The average molecular weight is 1280 g/mol. The fourth-order valence-corrected chi connectivity index (χ4v) is 18.8. The first-order valence-electron chi connectivity index (χ1n) is 34.8. The second kappa shape index (κ2) is 20.2. The van der Waals surface area contributed by atoms with Crippen molar-refractivity contribution in [3.05, 3.63) is 372 Å². The maximum Gasteiger partial charge on any atom is 0.164 e. The molecule has 4 aliphatic carbocycles. The number of benzene rings is 16. The SMILES string of the molecule is c1ccc(-c2nc(-c3cccc(-c4cccc(-c5nc(-c6cccc7c6-c6ccccc6C76c7cccc8ccc9cccc6c9c78)nc6ccccc56)c4)c3)nc(-c3ccc4c(c3)c3ccccc3n4-c3ccc4c(c3)-c3ccccc3C43c4cccc5ccc6cccc3c6c45)n2)cc1. The number of rotatable bonds is 7. The van der Waals surface area contributed by atoms with Crippen molar-refractivity contribution in [3.8, 4) is 95.9 Å². The molecular weight excluding hydrogens is 1230 g/mol. The molecule has 3 heterocycles. The molecule has 0 bridgehead atoms. The Kier molecular flexibility index (Phi) is 10.9. The fourth-order valence-electron chi connectivity index (χ4n) is 18.8. The standard InChI is InChI=1S/C95H54N6/c1-2-19-59(20-3-1)90-98-91(100-92(99-90)64-47-50-83-72(53-64)67-30-7-11-42-82(67)101(83)65-48-49-75-71(54-65)66-29-4-8-34-73(66)94(75)76-36-14-21-55-43-44-56-22-15-37-77(94)85(56)84(55)76)63-28-13-26-61(52-63)60-25-12-27-62(51-60)89-69-32-6-10-41-81(69)96-93(97-89)70-33-18-40-80-88(70)68-31-5-9-35-74(68)95(80)78-38-16-23-57-45-46-58-24-17-39-79(95)87(58)86(57)78/h1-54H. The van der Waals surface area contributed by atoms with Crippen molar-refractivity contribution in [2.75, 3.05) is 0 Å². The van der Waals surface area contributed by atoms with Crippen LogP contribution in [0.4, 0.5) is 0 Å². The minimum Gasteiger partial charge on any atom is -0.309 e. The van der Waals surface area contributed by atoms with E-state index in [2.05, 4.69) is 314 Å². The van der Waals surface area contributed by atoms with Crippen molar-refractivity contribution in [2.24, 2.45) is 0 Å². The van der Waals surface area contributed by atoms with Crippen LogP contribution in [-0.4, -0.2) is 29.5 Å². The lowest BCUT2D eigenvalue weighted by molar-refractivity contribution is 0.796. The van der Waals surface area contributed by atoms with Crippen molar-refractivity contribution < 1.29 is 0 Å². The Labute approximate surface area is 580 Å². The summed E-state index contributed by atoms with van der Waals surface area (Å²) in [6.45, 7) is 0. The highest BCUT2D eigenvalue weighted by Crippen LogP contribution is 2.65. The molecule has 19 aromatic rings. The van der Waals surface area contributed by atoms with E-state index in [-0.39, 0.29) is 0 Å². The molecule has 0 fully saturated rings. The smallest absolute Gasteiger partial charge is 0.164 e. The van der Waals surface area contributed by atoms with Gasteiger partial charge in [0.2, 0.25) is 0 Å². The summed E-state index contributed by atoms with van der Waals surface area (Å²) in [5.41, 5.74) is 26.5. The molecule has 16 aromatic carbocycles. The Bertz CT molecular complexity index is 6790. The molecular formula is C95H54N6. The van der Waals surface area contributed by atoms with Gasteiger partial charge in [-0.15, -0.1) is 0 Å². The van der Waals surface area contributed by atoms with E-state index in [0.29, 0.717) is 23.3 Å². The van der Waals surface area contributed by atoms with Crippen LogP contribution in [0.5, 0.6) is 0 Å². The van der Waals surface area contributed by atoms with Crippen molar-refractivity contribution >= 4 is 75.8 Å². The molecule has 101 heavy (non-hydrogen) atoms. The molecule has 0 saturated carbocycles. The number of fused-ring (bicyclic) bond motifs is 18. The number of para-hydroxylation sites is 2. The van der Waals surface area contributed by atoms with Crippen molar-refractivity contribution in [1.29, 1.82) is 0 Å². The predicted octanol–water partition coefficient (Wildman–Crippen LogP) is 22.9. The van der Waals surface area contributed by atoms with Crippen LogP contribution in [0.2, 0.25) is 0 Å². The minimum atomic E-state index is -0.502. The predicted molar refractivity (Wildman–Crippen MR) is 412 cm³/mol. The molecule has 6 heteroatoms. The normalized spacial score (nSPS) is 13.7. The van der Waals surface area contributed by atoms with Gasteiger partial charge in [0.15, 0.2) is 23.3 Å². The van der Waals surface area contributed by atoms with Gasteiger partial charge in [0.05, 0.1) is 33.1 Å². The molecule has 0 saturated heterocycles. The van der Waals surface area contributed by atoms with Gasteiger partial charge in [-0.3, -0.25) is 0 Å². The molecule has 2 spiro atoms. The summed E-state index contributed by atoms with van der Waals surface area (Å²) < 4.78 is 2.44. The maximum absolute atomic E-state index is 5.66. The maximum atomic E-state index is 5.66. The third-order valence-electron chi connectivity index (χ3n) is 22.8. The molecule has 3 aromatic heterocycles. The molecule has 0 unspecified atom stereocenters. The zero-order chi connectivity index (χ0) is 65.8. The minimum absolute atomic E-state index is 0.432. The highest BCUT2D eigenvalue weighted by molar-refractivity contribution is 6.20. The first-order valence-corrected chi connectivity index (χ1v) is 34.8. The molecule has 464 valence electrons. The van der Waals surface area contributed by atoms with E-state index in [1.165, 1.54) is 110 Å². The first-order chi connectivity index (χ1) is 50.1. The van der Waals surface area contributed by atoms with Gasteiger partial charge in [0.25, 0.3) is 0 Å². The molecule has 0 aliphatic heterocycles. The van der Waals surface area contributed by atoms with Gasteiger partial charge in [-0.25, -0.2) is 24.9 Å². The van der Waals surface area contributed by atoms with Crippen LogP contribution in [-0.2, 0) is 10.8 Å². The topological polar surface area (TPSA) is 69.4 Å². The Hall–Kier alpha value is -13.3. The Morgan fingerprint density at radius 1 is 0.228 bits per heavy atom. The van der Waals surface area contributed by atoms with Gasteiger partial charge in [0.1, 0.15) is 0 Å². The number of hydrogen-bond acceptors (Lipinski definition) is 5. The molecule has 0 N–H and O–H groups in total. The monoisotopic (exact) mass is 1280 g/mol. The summed E-state index contributed by atoms with van der Waals surface area (Å²) in [7, 11) is 0. The fraction of sp³-hybridized carbons (Fsp3) is 0.0211. The average Bonchev–Trinajstić information content (AvgIpc) is 1.51. The molecule has 4 aliphatic rings. The van der Waals surface area contributed by atoms with Crippen LogP contribution >= 0.6 is 0 Å². The molecule has 0 radical (unpaired) electrons. The van der Waals surface area contributed by atoms with Crippen molar-refractivity contribution in [1.82, 2.24) is 29.5 Å². The van der Waals surface area contributed by atoms with E-state index >= 15 is 0 Å². The molecule has 0 amide bonds. The summed E-state index contributed by atoms with van der Waals surface area (Å²) in [6.07, 6.45) is 0. The lowest BCUT2D eigenvalue weighted by Gasteiger charge is -2.31. The number of aromatic nitrogens is 6. The molecule has 0 atom stereocenters. The Balaban J connectivity index is 0.629. The van der Waals surface area contributed by atoms with Gasteiger partial charge in [-0.2, -0.15) is 0 Å². The van der Waals surface area contributed by atoms with E-state index < -0.39 is 10.8 Å². The third-order valence-corrected chi connectivity index (χ3v) is 22.8. The second-order valence-corrected chi connectivity index (χ2v) is 27.6. The Morgan fingerprint density at radius 2 is 0.683 bits per heavy atom. The highest BCUT2D eigenvalue weighted by Gasteiger charge is 2.53. The lowest BCUT2D eigenvalue weighted by atomic mass is 9.70. The zero-order valence-corrected chi connectivity index (χ0v) is 54.4. The lowest BCUT2D eigenvalue weighted by Crippen LogP contribution is -2.26. The summed E-state index contributed by atoms with van der Waals surface area (Å²) in [4.78, 5) is 27.1. The van der Waals surface area contributed by atoms with E-state index in [1.807, 2.05) is 18.2 Å². The summed E-state index contributed by atoms with van der Waals surface area (Å²) in [6, 6.07) is 120. The summed E-state index contributed by atoms with van der Waals surface area (Å²) >= 11 is 0. The zero-order valence-electron chi connectivity index (χ0n) is 54.4. The van der Waals surface area contributed by atoms with Crippen molar-refractivity contribution in [3.63, 3.8) is 0 Å². The van der Waals surface area contributed by atoms with E-state index in [4.69, 9.17) is 24.9 Å². The van der Waals surface area contributed by atoms with Gasteiger partial charge in [-0.05, 0) is 176 Å². The van der Waals surface area contributed by atoms with Crippen LogP contribution in [0.25, 0.3) is 172 Å². The van der Waals surface area contributed by atoms with Crippen LogP contribution in [0, 0.1) is 0 Å². The summed E-state index contributed by atoms with van der Waals surface area (Å²) in [5.74, 6) is 2.48. The number of nitrogens with zero attached hydrogens (tertiary/aromatic N) is 6. The first kappa shape index (κ1) is 54.8. The quantitative estimate of drug-likeness (QED) is 0.149. The Morgan fingerprint density at radius 3 is 1.36 bits per heavy atom. The van der Waals surface area contributed by atoms with Crippen LogP contribution in [0.3, 0.4) is 0 Å². The van der Waals surface area contributed by atoms with E-state index in [0.717, 1.165) is 83.0 Å². The molecule has 23 rings (SSSR count). The van der Waals surface area contributed by atoms with Gasteiger partial charge < -0.3 is 4.57 Å². The van der Waals surface area contributed by atoms with Gasteiger partial charge in [-0.1, -0.05) is 273 Å². The molecule has 6 nitrogen and oxygen atoms in total. The van der Waals surface area contributed by atoms with E-state index in [1.54, 1.807) is 0 Å². The number of hydrogen-bond donors (Lipinski definition) is 0. The largest absolute Gasteiger partial charge is 0.309 e. The van der Waals surface area contributed by atoms with Gasteiger partial charge in [0, 0.05) is 49.7 Å². The van der Waals surface area contributed by atoms with Crippen LogP contribution in [0.15, 0.2) is 328 Å². The summed E-state index contributed by atoms with van der Waals surface area (Å²) in [5, 5.41) is 13.8. The van der Waals surface area contributed by atoms with E-state index in [9.17, 15) is 0 Å². The van der Waals surface area contributed by atoms with Crippen LogP contribution < -0.4 is 0 Å². The van der Waals surface area contributed by atoms with Crippen LogP contribution in [0.1, 0.15) is 44.5 Å². The third kappa shape index (κ3) is 7.26. The van der Waals surface area contributed by atoms with Gasteiger partial charge >= 0.3 is 0 Å². The van der Waals surface area contributed by atoms with Crippen molar-refractivity contribution in [2.45, 2.75) is 10.8 Å².